The fraction of sp³-hybridized carbons (Fsp3) is 0.538. The molecule has 5 nitrogen and oxygen atoms in total. The lowest BCUT2D eigenvalue weighted by atomic mass is 9.88. The smallest absolute Gasteiger partial charge is 0.274 e. The van der Waals surface area contributed by atoms with Crippen LogP contribution in [0.5, 0.6) is 0 Å². The summed E-state index contributed by atoms with van der Waals surface area (Å²) in [5.41, 5.74) is 12.8. The van der Waals surface area contributed by atoms with Gasteiger partial charge in [0.2, 0.25) is 0 Å². The summed E-state index contributed by atoms with van der Waals surface area (Å²) in [5.74, 6) is 0. The topological polar surface area (TPSA) is 106 Å². The molecule has 0 amide bonds. The molecule has 1 unspecified atom stereocenters. The lowest BCUT2D eigenvalue weighted by molar-refractivity contribution is 0.397. The fourth-order valence-electron chi connectivity index (χ4n) is 2.38. The highest BCUT2D eigenvalue weighted by atomic mass is 32.2. The molecule has 5 N–H and O–H groups in total. The van der Waals surface area contributed by atoms with E-state index in [9.17, 15) is 13.0 Å². The van der Waals surface area contributed by atoms with Crippen LogP contribution in [0.2, 0.25) is 0 Å². The third-order valence-electron chi connectivity index (χ3n) is 3.57. The molecule has 1 atom stereocenters. The Labute approximate surface area is 114 Å². The summed E-state index contributed by atoms with van der Waals surface area (Å²) in [6, 6.07) is 4.73. The van der Waals surface area contributed by atoms with E-state index < -0.39 is 14.9 Å². The van der Waals surface area contributed by atoms with Gasteiger partial charge < -0.3 is 11.5 Å². The first kappa shape index (κ1) is 15.8. The number of rotatable bonds is 6. The van der Waals surface area contributed by atoms with E-state index in [1.54, 1.807) is 25.1 Å². The molecular weight excluding hydrogens is 264 g/mol. The molecule has 0 fully saturated rings. The number of hydrogen-bond acceptors (Lipinski definition) is 4. The molecule has 108 valence electrons. The van der Waals surface area contributed by atoms with E-state index in [0.29, 0.717) is 29.8 Å². The van der Waals surface area contributed by atoms with E-state index in [0.717, 1.165) is 6.42 Å². The van der Waals surface area contributed by atoms with Gasteiger partial charge in [-0.15, -0.1) is 0 Å². The van der Waals surface area contributed by atoms with Crippen LogP contribution in [0, 0.1) is 0 Å². The Bertz CT molecular complexity index is 543. The van der Waals surface area contributed by atoms with Crippen LogP contribution in [0.25, 0.3) is 0 Å². The summed E-state index contributed by atoms with van der Waals surface area (Å²) in [7, 11) is -4.28. The first-order valence-electron chi connectivity index (χ1n) is 6.41. The Kier molecular flexibility index (Phi) is 4.81. The molecule has 0 saturated heterocycles. The zero-order valence-electron chi connectivity index (χ0n) is 11.4. The average molecular weight is 286 g/mol. The second-order valence-electron chi connectivity index (χ2n) is 4.77. The maximum Gasteiger partial charge on any atom is 0.274 e. The van der Waals surface area contributed by atoms with Crippen LogP contribution < -0.4 is 11.5 Å². The number of anilines is 2. The van der Waals surface area contributed by atoms with Crippen molar-refractivity contribution in [3.63, 3.8) is 0 Å². The SMILES string of the molecule is CCCCC(CC)(c1cc(N)ccc1N)S(=O)(=O)O. The Morgan fingerprint density at radius 2 is 1.89 bits per heavy atom. The average Bonchev–Trinajstić information content (AvgIpc) is 2.33. The van der Waals surface area contributed by atoms with Gasteiger partial charge in [0.05, 0.1) is 0 Å². The molecule has 1 aromatic carbocycles. The molecule has 0 saturated carbocycles. The number of benzene rings is 1. The van der Waals surface area contributed by atoms with Gasteiger partial charge in [-0.3, -0.25) is 4.55 Å². The second-order valence-corrected chi connectivity index (χ2v) is 6.50. The molecule has 1 rings (SSSR count). The molecule has 0 aliphatic carbocycles. The van der Waals surface area contributed by atoms with Gasteiger partial charge in [0.1, 0.15) is 4.75 Å². The number of hydrogen-bond donors (Lipinski definition) is 3. The highest BCUT2D eigenvalue weighted by Crippen LogP contribution is 2.41. The minimum atomic E-state index is -4.28. The standard InChI is InChI=1S/C13H22N2O3S/c1-3-5-8-13(4-2,19(16,17)18)11-9-10(14)6-7-12(11)15/h6-7,9H,3-5,8,14-15H2,1-2H3,(H,16,17,18). The molecule has 0 heterocycles. The Morgan fingerprint density at radius 3 is 2.37 bits per heavy atom. The van der Waals surface area contributed by atoms with Crippen molar-refractivity contribution >= 4 is 21.5 Å². The maximum atomic E-state index is 11.9. The summed E-state index contributed by atoms with van der Waals surface area (Å²) in [4.78, 5) is 0. The van der Waals surface area contributed by atoms with Crippen molar-refractivity contribution in [2.75, 3.05) is 11.5 Å². The number of unbranched alkanes of at least 4 members (excludes halogenated alkanes) is 1. The van der Waals surface area contributed by atoms with Gasteiger partial charge in [-0.1, -0.05) is 26.7 Å². The molecule has 6 heteroatoms. The zero-order chi connectivity index (χ0) is 14.7. The van der Waals surface area contributed by atoms with Gasteiger partial charge in [-0.05, 0) is 31.0 Å². The highest BCUT2D eigenvalue weighted by Gasteiger charge is 2.43. The Hall–Kier alpha value is -1.27. The summed E-state index contributed by atoms with van der Waals surface area (Å²) in [6.07, 6.45) is 2.09. The first-order chi connectivity index (χ1) is 8.78. The van der Waals surface area contributed by atoms with Gasteiger partial charge in [0.25, 0.3) is 10.1 Å². The van der Waals surface area contributed by atoms with Crippen molar-refractivity contribution in [3.05, 3.63) is 23.8 Å². The van der Waals surface area contributed by atoms with Gasteiger partial charge in [-0.25, -0.2) is 0 Å². The molecular formula is C13H22N2O3S. The van der Waals surface area contributed by atoms with Crippen molar-refractivity contribution in [1.82, 2.24) is 0 Å². The zero-order valence-corrected chi connectivity index (χ0v) is 12.2. The third-order valence-corrected chi connectivity index (χ3v) is 5.27. The summed E-state index contributed by atoms with van der Waals surface area (Å²) < 4.78 is 32.2. The van der Waals surface area contributed by atoms with Crippen molar-refractivity contribution in [2.45, 2.75) is 44.3 Å². The van der Waals surface area contributed by atoms with Crippen LogP contribution in [0.4, 0.5) is 11.4 Å². The molecule has 1 aromatic rings. The molecule has 0 aliphatic rings. The van der Waals surface area contributed by atoms with Crippen LogP contribution in [0.15, 0.2) is 18.2 Å². The van der Waals surface area contributed by atoms with E-state index in [2.05, 4.69) is 0 Å². The van der Waals surface area contributed by atoms with Gasteiger partial charge >= 0.3 is 0 Å². The molecule has 0 aliphatic heterocycles. The van der Waals surface area contributed by atoms with E-state index in [4.69, 9.17) is 11.5 Å². The summed E-state index contributed by atoms with van der Waals surface area (Å²) in [6.45, 7) is 3.69. The van der Waals surface area contributed by atoms with Gasteiger partial charge in [0, 0.05) is 16.9 Å². The summed E-state index contributed by atoms with van der Waals surface area (Å²) >= 11 is 0. The van der Waals surface area contributed by atoms with E-state index in [1.807, 2.05) is 6.92 Å². The van der Waals surface area contributed by atoms with Crippen LogP contribution in [0.3, 0.4) is 0 Å². The number of nitrogen functional groups attached to an aromatic ring is 2. The van der Waals surface area contributed by atoms with Crippen LogP contribution in [-0.4, -0.2) is 13.0 Å². The second kappa shape index (κ2) is 5.79. The van der Waals surface area contributed by atoms with Gasteiger partial charge in [0.15, 0.2) is 0 Å². The first-order valence-corrected chi connectivity index (χ1v) is 7.85. The Morgan fingerprint density at radius 1 is 1.26 bits per heavy atom. The van der Waals surface area contributed by atoms with Crippen LogP contribution in [-0.2, 0) is 14.9 Å². The molecule has 0 bridgehead atoms. The van der Waals surface area contributed by atoms with Crippen LogP contribution in [0.1, 0.15) is 45.1 Å². The minimum absolute atomic E-state index is 0.249. The molecule has 0 aromatic heterocycles. The monoisotopic (exact) mass is 286 g/mol. The fourth-order valence-corrected chi connectivity index (χ4v) is 3.60. The molecule has 0 radical (unpaired) electrons. The number of nitrogens with two attached hydrogens (primary N) is 2. The predicted octanol–water partition coefficient (Wildman–Crippen LogP) is 2.53. The lowest BCUT2D eigenvalue weighted by Gasteiger charge is -2.31. The van der Waals surface area contributed by atoms with E-state index in [-0.39, 0.29) is 6.42 Å². The lowest BCUT2D eigenvalue weighted by Crippen LogP contribution is -2.36. The molecule has 19 heavy (non-hydrogen) atoms. The van der Waals surface area contributed by atoms with E-state index in [1.165, 1.54) is 0 Å². The normalized spacial score (nSPS) is 15.1. The maximum absolute atomic E-state index is 11.9. The minimum Gasteiger partial charge on any atom is -0.399 e. The van der Waals surface area contributed by atoms with Crippen molar-refractivity contribution in [2.24, 2.45) is 0 Å². The quantitative estimate of drug-likeness (QED) is 0.550. The summed E-state index contributed by atoms with van der Waals surface area (Å²) in [5, 5.41) is 0. The van der Waals surface area contributed by atoms with Crippen molar-refractivity contribution in [3.8, 4) is 0 Å². The van der Waals surface area contributed by atoms with Gasteiger partial charge in [-0.2, -0.15) is 8.42 Å². The molecule has 0 spiro atoms. The predicted molar refractivity (Wildman–Crippen MR) is 78.3 cm³/mol. The van der Waals surface area contributed by atoms with Crippen molar-refractivity contribution < 1.29 is 13.0 Å². The van der Waals surface area contributed by atoms with Crippen molar-refractivity contribution in [1.29, 1.82) is 0 Å². The Balaban J connectivity index is 3.50. The highest BCUT2D eigenvalue weighted by molar-refractivity contribution is 7.86. The third kappa shape index (κ3) is 3.01. The van der Waals surface area contributed by atoms with Crippen LogP contribution >= 0.6 is 0 Å². The largest absolute Gasteiger partial charge is 0.399 e. The van der Waals surface area contributed by atoms with E-state index >= 15 is 0 Å².